The van der Waals surface area contributed by atoms with Gasteiger partial charge in [0.2, 0.25) is 5.89 Å². The molecular weight excluding hydrogens is 248 g/mol. The first-order chi connectivity index (χ1) is 9.16. The number of carboxylic acids is 1. The Bertz CT molecular complexity index is 565. The third kappa shape index (κ3) is 3.54. The Hall–Kier alpha value is -2.37. The minimum Gasteiger partial charge on any atom is -0.507 e. The molecule has 0 spiro atoms. The highest BCUT2D eigenvalue weighted by Gasteiger charge is 2.11. The number of benzene rings is 1. The number of phenols is 1. The van der Waals surface area contributed by atoms with Gasteiger partial charge in [-0.15, -0.1) is 10.2 Å². The molecule has 0 aliphatic rings. The Balaban J connectivity index is 1.96. The lowest BCUT2D eigenvalue weighted by Crippen LogP contribution is -1.95. The predicted molar refractivity (Wildman–Crippen MR) is 66.6 cm³/mol. The molecule has 0 saturated heterocycles. The fraction of sp³-hybridized carbons (Fsp3) is 0.308. The van der Waals surface area contributed by atoms with Crippen LogP contribution in [0.25, 0.3) is 11.5 Å². The van der Waals surface area contributed by atoms with Crippen molar-refractivity contribution >= 4 is 5.97 Å². The van der Waals surface area contributed by atoms with Gasteiger partial charge in [0.15, 0.2) is 0 Å². The van der Waals surface area contributed by atoms with Gasteiger partial charge in [0.1, 0.15) is 5.75 Å². The quantitative estimate of drug-likeness (QED) is 0.775. The van der Waals surface area contributed by atoms with Crippen LogP contribution in [-0.2, 0) is 11.2 Å². The molecule has 6 heteroatoms. The molecular formula is C13H14N2O4. The molecule has 19 heavy (non-hydrogen) atoms. The van der Waals surface area contributed by atoms with Gasteiger partial charge in [0.25, 0.3) is 5.89 Å². The van der Waals surface area contributed by atoms with E-state index in [4.69, 9.17) is 9.52 Å². The lowest BCUT2D eigenvalue weighted by atomic mass is 10.2. The van der Waals surface area contributed by atoms with E-state index in [0.29, 0.717) is 30.7 Å². The number of aromatic nitrogens is 2. The summed E-state index contributed by atoms with van der Waals surface area (Å²) < 4.78 is 5.43. The molecule has 1 aromatic heterocycles. The Kier molecular flexibility index (Phi) is 4.12. The normalized spacial score (nSPS) is 10.5. The number of aromatic hydroxyl groups is 1. The second kappa shape index (κ2) is 5.99. The molecule has 1 aromatic carbocycles. The maximum Gasteiger partial charge on any atom is 0.303 e. The first kappa shape index (κ1) is 13.1. The molecule has 0 atom stereocenters. The van der Waals surface area contributed by atoms with E-state index < -0.39 is 5.97 Å². The first-order valence-corrected chi connectivity index (χ1v) is 5.99. The van der Waals surface area contributed by atoms with Crippen molar-refractivity contribution in [2.75, 3.05) is 0 Å². The van der Waals surface area contributed by atoms with Crippen LogP contribution in [0.2, 0.25) is 0 Å². The number of carbonyl (C=O) groups is 1. The smallest absolute Gasteiger partial charge is 0.303 e. The Morgan fingerprint density at radius 2 is 2.00 bits per heavy atom. The van der Waals surface area contributed by atoms with E-state index in [9.17, 15) is 9.90 Å². The van der Waals surface area contributed by atoms with Crippen molar-refractivity contribution in [1.29, 1.82) is 0 Å². The minimum absolute atomic E-state index is 0.0866. The number of nitrogens with zero attached hydrogens (tertiary/aromatic N) is 2. The zero-order chi connectivity index (χ0) is 13.7. The van der Waals surface area contributed by atoms with Crippen LogP contribution in [-0.4, -0.2) is 26.4 Å². The van der Waals surface area contributed by atoms with Gasteiger partial charge in [-0.05, 0) is 25.0 Å². The van der Waals surface area contributed by atoms with E-state index in [1.807, 2.05) is 0 Å². The predicted octanol–water partition coefficient (Wildman–Crippen LogP) is 2.24. The second-order valence-corrected chi connectivity index (χ2v) is 4.12. The Morgan fingerprint density at radius 1 is 1.21 bits per heavy atom. The van der Waals surface area contributed by atoms with E-state index in [-0.39, 0.29) is 18.1 Å². The molecule has 0 aliphatic carbocycles. The number of phenolic OH excluding ortho intramolecular Hbond substituents is 1. The van der Waals surface area contributed by atoms with Crippen molar-refractivity contribution in [3.63, 3.8) is 0 Å². The highest BCUT2D eigenvalue weighted by atomic mass is 16.4. The van der Waals surface area contributed by atoms with Crippen LogP contribution in [0.15, 0.2) is 28.7 Å². The zero-order valence-electron chi connectivity index (χ0n) is 10.2. The summed E-state index contributed by atoms with van der Waals surface area (Å²) in [7, 11) is 0. The number of rotatable bonds is 6. The summed E-state index contributed by atoms with van der Waals surface area (Å²) in [6.07, 6.45) is 1.92. The topological polar surface area (TPSA) is 96.5 Å². The number of carboxylic acid groups (broad SMARTS) is 1. The minimum atomic E-state index is -0.805. The average molecular weight is 262 g/mol. The van der Waals surface area contributed by atoms with Crippen molar-refractivity contribution in [1.82, 2.24) is 10.2 Å². The SMILES string of the molecule is O=C(O)CCCCc1nnc(-c2ccccc2O)o1. The maximum absolute atomic E-state index is 10.4. The van der Waals surface area contributed by atoms with Gasteiger partial charge in [-0.3, -0.25) is 4.79 Å². The van der Waals surface area contributed by atoms with Crippen molar-refractivity contribution in [3.8, 4) is 17.2 Å². The summed E-state index contributed by atoms with van der Waals surface area (Å²) in [6, 6.07) is 6.72. The summed E-state index contributed by atoms with van der Waals surface area (Å²) >= 11 is 0. The Labute approximate surface area is 109 Å². The van der Waals surface area contributed by atoms with Gasteiger partial charge >= 0.3 is 5.97 Å². The summed E-state index contributed by atoms with van der Waals surface area (Å²) in [5.41, 5.74) is 0.492. The largest absolute Gasteiger partial charge is 0.507 e. The number of para-hydroxylation sites is 1. The number of aryl methyl sites for hydroxylation is 1. The zero-order valence-corrected chi connectivity index (χ0v) is 10.2. The standard InChI is InChI=1S/C13H14N2O4/c16-10-6-2-1-5-9(10)13-15-14-11(19-13)7-3-4-8-12(17)18/h1-2,5-6,16H,3-4,7-8H2,(H,17,18). The van der Waals surface area contributed by atoms with Gasteiger partial charge in [0.05, 0.1) is 5.56 Å². The third-order valence-corrected chi connectivity index (χ3v) is 2.63. The maximum atomic E-state index is 10.4. The molecule has 2 aromatic rings. The lowest BCUT2D eigenvalue weighted by Gasteiger charge is -1.97. The van der Waals surface area contributed by atoms with Crippen LogP contribution < -0.4 is 0 Å². The fourth-order valence-corrected chi connectivity index (χ4v) is 1.67. The molecule has 6 nitrogen and oxygen atoms in total. The molecule has 0 radical (unpaired) electrons. The summed E-state index contributed by atoms with van der Waals surface area (Å²) in [4.78, 5) is 10.4. The van der Waals surface area contributed by atoms with Crippen molar-refractivity contribution in [2.45, 2.75) is 25.7 Å². The van der Waals surface area contributed by atoms with E-state index >= 15 is 0 Å². The number of hydrogen-bond acceptors (Lipinski definition) is 5. The summed E-state index contributed by atoms with van der Waals surface area (Å²) in [5.74, 6) is -0.000945. The van der Waals surface area contributed by atoms with Crippen LogP contribution in [0.5, 0.6) is 5.75 Å². The molecule has 0 fully saturated rings. The van der Waals surface area contributed by atoms with Crippen LogP contribution in [0.3, 0.4) is 0 Å². The van der Waals surface area contributed by atoms with Gasteiger partial charge in [-0.2, -0.15) is 0 Å². The average Bonchev–Trinajstić information content (AvgIpc) is 2.83. The van der Waals surface area contributed by atoms with Crippen LogP contribution in [0, 0.1) is 0 Å². The van der Waals surface area contributed by atoms with Crippen molar-refractivity contribution < 1.29 is 19.4 Å². The van der Waals surface area contributed by atoms with E-state index in [1.165, 1.54) is 0 Å². The summed E-state index contributed by atoms with van der Waals surface area (Å²) in [5, 5.41) is 25.9. The lowest BCUT2D eigenvalue weighted by molar-refractivity contribution is -0.137. The van der Waals surface area contributed by atoms with Crippen LogP contribution >= 0.6 is 0 Å². The van der Waals surface area contributed by atoms with Gasteiger partial charge in [0, 0.05) is 12.8 Å². The molecule has 1 heterocycles. The third-order valence-electron chi connectivity index (χ3n) is 2.63. The van der Waals surface area contributed by atoms with E-state index in [2.05, 4.69) is 10.2 Å². The second-order valence-electron chi connectivity index (χ2n) is 4.12. The molecule has 0 bridgehead atoms. The van der Waals surface area contributed by atoms with Gasteiger partial charge in [-0.1, -0.05) is 12.1 Å². The van der Waals surface area contributed by atoms with E-state index in [0.717, 1.165) is 0 Å². The van der Waals surface area contributed by atoms with Crippen molar-refractivity contribution in [2.24, 2.45) is 0 Å². The molecule has 0 aliphatic heterocycles. The van der Waals surface area contributed by atoms with Crippen LogP contribution in [0.1, 0.15) is 25.2 Å². The number of aliphatic carboxylic acids is 1. The molecule has 2 N–H and O–H groups in total. The number of hydrogen-bond donors (Lipinski definition) is 2. The molecule has 0 amide bonds. The summed E-state index contributed by atoms with van der Waals surface area (Å²) in [6.45, 7) is 0. The van der Waals surface area contributed by atoms with Crippen LogP contribution in [0.4, 0.5) is 0 Å². The number of unbranched alkanes of at least 4 members (excludes halogenated alkanes) is 1. The van der Waals surface area contributed by atoms with Crippen molar-refractivity contribution in [3.05, 3.63) is 30.2 Å². The molecule has 2 rings (SSSR count). The van der Waals surface area contributed by atoms with Gasteiger partial charge < -0.3 is 14.6 Å². The first-order valence-electron chi connectivity index (χ1n) is 5.99. The highest BCUT2D eigenvalue weighted by molar-refractivity contribution is 5.66. The molecule has 100 valence electrons. The van der Waals surface area contributed by atoms with E-state index in [1.54, 1.807) is 24.3 Å². The monoisotopic (exact) mass is 262 g/mol. The molecule has 0 unspecified atom stereocenters. The molecule has 0 saturated carbocycles. The Morgan fingerprint density at radius 3 is 2.74 bits per heavy atom. The van der Waals surface area contributed by atoms with Gasteiger partial charge in [-0.25, -0.2) is 0 Å². The highest BCUT2D eigenvalue weighted by Crippen LogP contribution is 2.27. The fourth-order valence-electron chi connectivity index (χ4n) is 1.67.